The highest BCUT2D eigenvalue weighted by molar-refractivity contribution is 5.83. The number of rotatable bonds is 7. The van der Waals surface area contributed by atoms with E-state index in [1.54, 1.807) is 0 Å². The minimum atomic E-state index is -0.858. The quantitative estimate of drug-likeness (QED) is 0.384. The zero-order valence-corrected chi connectivity index (χ0v) is 22.4. The summed E-state index contributed by atoms with van der Waals surface area (Å²) < 4.78 is 11.6. The minimum absolute atomic E-state index is 0.403. The number of ether oxygens (including phenoxy) is 2. The lowest BCUT2D eigenvalue weighted by atomic mass is 9.87. The largest absolute Gasteiger partial charge is 0.467 e. The topological polar surface area (TPSA) is 51.7 Å². The van der Waals surface area contributed by atoms with Crippen molar-refractivity contribution in [3.8, 4) is 11.1 Å². The van der Waals surface area contributed by atoms with Gasteiger partial charge in [0.25, 0.3) is 0 Å². The van der Waals surface area contributed by atoms with E-state index in [1.807, 2.05) is 27.7 Å². The van der Waals surface area contributed by atoms with Crippen LogP contribution >= 0.6 is 0 Å². The molecule has 2 heterocycles. The summed E-state index contributed by atoms with van der Waals surface area (Å²) in [5.74, 6) is -0.403. The van der Waals surface area contributed by atoms with Gasteiger partial charge in [0, 0.05) is 43.0 Å². The molecule has 0 spiro atoms. The summed E-state index contributed by atoms with van der Waals surface area (Å²) in [7, 11) is 1.42. The maximum absolute atomic E-state index is 13.1. The van der Waals surface area contributed by atoms with Crippen LogP contribution in [0.3, 0.4) is 0 Å². The molecule has 0 saturated carbocycles. The number of aromatic nitrogens is 1. The van der Waals surface area contributed by atoms with Gasteiger partial charge in [-0.1, -0.05) is 60.2 Å². The number of carbonyl (C=O) groups excluding carboxylic acids is 1. The Hall–Kier alpha value is -3.02. The van der Waals surface area contributed by atoms with Crippen molar-refractivity contribution in [3.63, 3.8) is 0 Å². The van der Waals surface area contributed by atoms with Gasteiger partial charge in [-0.25, -0.2) is 4.79 Å². The Bertz CT molecular complexity index is 1200. The number of esters is 1. The molecule has 1 aliphatic heterocycles. The Morgan fingerprint density at radius 3 is 2.39 bits per heavy atom. The first-order valence-electron chi connectivity index (χ1n) is 12.8. The van der Waals surface area contributed by atoms with E-state index in [0.29, 0.717) is 0 Å². The van der Waals surface area contributed by atoms with Crippen molar-refractivity contribution in [1.29, 1.82) is 0 Å². The molecule has 36 heavy (non-hydrogen) atoms. The van der Waals surface area contributed by atoms with Crippen LogP contribution in [0.25, 0.3) is 11.1 Å². The molecule has 0 saturated heterocycles. The second-order valence-electron chi connectivity index (χ2n) is 10.7. The molecule has 0 aliphatic carbocycles. The molecular weight excluding hydrogens is 448 g/mol. The maximum atomic E-state index is 13.1. The third kappa shape index (κ3) is 6.03. The fourth-order valence-corrected chi connectivity index (χ4v) is 4.94. The number of methoxy groups -OCH3 is 1. The van der Waals surface area contributed by atoms with Gasteiger partial charge in [0.1, 0.15) is 0 Å². The highest BCUT2D eigenvalue weighted by Crippen LogP contribution is 2.40. The number of hydrogen-bond acceptors (Lipinski definition) is 5. The summed E-state index contributed by atoms with van der Waals surface area (Å²) in [6.45, 7) is 12.7. The van der Waals surface area contributed by atoms with Crippen LogP contribution in [0.4, 0.5) is 0 Å². The van der Waals surface area contributed by atoms with Crippen LogP contribution in [0.15, 0.2) is 54.6 Å². The van der Waals surface area contributed by atoms with Crippen LogP contribution in [-0.2, 0) is 33.7 Å². The number of pyridine rings is 1. The number of carbonyl (C=O) groups is 1. The molecule has 5 heteroatoms. The first-order valence-corrected chi connectivity index (χ1v) is 12.8. The summed E-state index contributed by atoms with van der Waals surface area (Å²) >= 11 is 0. The molecule has 1 atom stereocenters. The molecule has 1 aromatic heterocycles. The fourth-order valence-electron chi connectivity index (χ4n) is 4.94. The predicted molar refractivity (Wildman–Crippen MR) is 144 cm³/mol. The van der Waals surface area contributed by atoms with E-state index in [9.17, 15) is 4.79 Å². The zero-order chi connectivity index (χ0) is 25.9. The number of benzene rings is 2. The van der Waals surface area contributed by atoms with Crippen LogP contribution in [0, 0.1) is 13.8 Å². The van der Waals surface area contributed by atoms with E-state index >= 15 is 0 Å². The van der Waals surface area contributed by atoms with Crippen molar-refractivity contribution in [3.05, 3.63) is 88.2 Å². The molecule has 0 radical (unpaired) electrons. The Kier molecular flexibility index (Phi) is 7.91. The van der Waals surface area contributed by atoms with E-state index in [-0.39, 0.29) is 0 Å². The van der Waals surface area contributed by atoms with Crippen molar-refractivity contribution in [2.45, 2.75) is 65.7 Å². The zero-order valence-electron chi connectivity index (χ0n) is 22.4. The Morgan fingerprint density at radius 1 is 1.06 bits per heavy atom. The molecular formula is C31H38N2O3. The summed E-state index contributed by atoms with van der Waals surface area (Å²) in [4.78, 5) is 20.6. The van der Waals surface area contributed by atoms with Crippen LogP contribution in [0.2, 0.25) is 0 Å². The molecule has 0 bridgehead atoms. The van der Waals surface area contributed by atoms with Gasteiger partial charge in [0.2, 0.25) is 0 Å². The molecule has 5 nitrogen and oxygen atoms in total. The second kappa shape index (κ2) is 10.9. The lowest BCUT2D eigenvalue weighted by Gasteiger charge is -2.34. The van der Waals surface area contributed by atoms with E-state index in [0.717, 1.165) is 60.6 Å². The third-order valence-corrected chi connectivity index (χ3v) is 6.71. The summed E-state index contributed by atoms with van der Waals surface area (Å²) in [5, 5.41) is 0. The number of hydrogen-bond donors (Lipinski definition) is 0. The van der Waals surface area contributed by atoms with Crippen LogP contribution in [-0.4, -0.2) is 41.7 Å². The Balaban J connectivity index is 1.81. The summed E-state index contributed by atoms with van der Waals surface area (Å²) in [5.41, 5.74) is 8.07. The average Bonchev–Trinajstić information content (AvgIpc) is 2.85. The number of fused-ring (bicyclic) bond motifs is 1. The maximum Gasteiger partial charge on any atom is 0.339 e. The lowest BCUT2D eigenvalue weighted by molar-refractivity contribution is -0.164. The Labute approximate surface area is 215 Å². The molecule has 0 N–H and O–H groups in total. The smallest absolute Gasteiger partial charge is 0.339 e. The molecule has 2 aromatic carbocycles. The van der Waals surface area contributed by atoms with Gasteiger partial charge in [-0.2, -0.15) is 0 Å². The highest BCUT2D eigenvalue weighted by Gasteiger charge is 2.35. The van der Waals surface area contributed by atoms with Gasteiger partial charge in [0.05, 0.1) is 12.7 Å². The molecule has 0 amide bonds. The van der Waals surface area contributed by atoms with Gasteiger partial charge >= 0.3 is 5.97 Å². The normalized spacial score (nSPS) is 14.8. The average molecular weight is 487 g/mol. The van der Waals surface area contributed by atoms with Crippen molar-refractivity contribution < 1.29 is 14.3 Å². The monoisotopic (exact) mass is 486 g/mol. The van der Waals surface area contributed by atoms with Crippen LogP contribution in [0.5, 0.6) is 0 Å². The number of nitrogens with zero attached hydrogens (tertiary/aromatic N) is 2. The van der Waals surface area contributed by atoms with Crippen molar-refractivity contribution in [2.75, 3.05) is 20.2 Å². The van der Waals surface area contributed by atoms with Gasteiger partial charge < -0.3 is 9.47 Å². The first-order chi connectivity index (χ1) is 17.2. The predicted octanol–water partition coefficient (Wildman–Crippen LogP) is 6.00. The van der Waals surface area contributed by atoms with E-state index < -0.39 is 17.7 Å². The lowest BCUT2D eigenvalue weighted by Crippen LogP contribution is -2.35. The minimum Gasteiger partial charge on any atom is -0.467 e. The van der Waals surface area contributed by atoms with Crippen molar-refractivity contribution >= 4 is 5.97 Å². The molecule has 1 unspecified atom stereocenters. The Morgan fingerprint density at radius 2 is 1.75 bits per heavy atom. The molecule has 3 aromatic rings. The molecule has 190 valence electrons. The van der Waals surface area contributed by atoms with Crippen LogP contribution < -0.4 is 0 Å². The van der Waals surface area contributed by atoms with Gasteiger partial charge in [-0.15, -0.1) is 0 Å². The first kappa shape index (κ1) is 26.1. The van der Waals surface area contributed by atoms with E-state index in [2.05, 4.69) is 66.4 Å². The SMILES string of the molecule is COC(=O)C(OC(C)(C)C)c1c(C)nc2c(c1-c1ccc(C)cc1)CN(CCc1ccccc1)CC2. The standard InChI is InChI=1S/C31H38N2O3/c1-21-12-14-24(15-13-21)28-25-20-33(18-16-23-10-8-7-9-11-23)19-17-26(25)32-22(2)27(28)29(30(34)35-6)36-31(3,4)5/h7-15,29H,16-20H2,1-6H3. The molecule has 1 aliphatic rings. The third-order valence-electron chi connectivity index (χ3n) is 6.71. The summed E-state index contributed by atoms with van der Waals surface area (Å²) in [6.07, 6.45) is 1.02. The molecule has 4 rings (SSSR count). The van der Waals surface area contributed by atoms with Crippen molar-refractivity contribution in [2.24, 2.45) is 0 Å². The van der Waals surface area contributed by atoms with Crippen LogP contribution in [0.1, 0.15) is 60.5 Å². The second-order valence-corrected chi connectivity index (χ2v) is 10.7. The van der Waals surface area contributed by atoms with E-state index in [1.165, 1.54) is 23.8 Å². The van der Waals surface area contributed by atoms with Gasteiger partial charge in [-0.05, 0) is 63.3 Å². The highest BCUT2D eigenvalue weighted by atomic mass is 16.6. The van der Waals surface area contributed by atoms with Gasteiger partial charge in [0.15, 0.2) is 6.10 Å². The summed E-state index contributed by atoms with van der Waals surface area (Å²) in [6, 6.07) is 19.1. The fraction of sp³-hybridized carbons (Fsp3) is 0.419. The number of aryl methyl sites for hydroxylation is 2. The van der Waals surface area contributed by atoms with Gasteiger partial charge in [-0.3, -0.25) is 9.88 Å². The molecule has 0 fully saturated rings. The van der Waals surface area contributed by atoms with Crippen molar-refractivity contribution in [1.82, 2.24) is 9.88 Å². The van der Waals surface area contributed by atoms with E-state index in [4.69, 9.17) is 14.5 Å².